The second kappa shape index (κ2) is 10.5. The number of carbonyl (C=O) groups excluding carboxylic acids is 3. The van der Waals surface area contributed by atoms with Gasteiger partial charge in [0.25, 0.3) is 5.91 Å². The maximum atomic E-state index is 12.1. The minimum atomic E-state index is -5.08. The lowest BCUT2D eigenvalue weighted by atomic mass is 10.2. The summed E-state index contributed by atoms with van der Waals surface area (Å²) in [7, 11) is 1.39. The molecule has 27 heavy (non-hydrogen) atoms. The number of carbonyl (C=O) groups is 4. The molecule has 0 aromatic heterocycles. The molecule has 4 N–H and O–H groups in total. The van der Waals surface area contributed by atoms with Crippen LogP contribution in [0.2, 0.25) is 0 Å². The number of likely N-dealkylation sites (tertiary alicyclic amines) is 1. The van der Waals surface area contributed by atoms with E-state index in [1.54, 1.807) is 13.8 Å². The molecule has 2 atom stereocenters. The maximum Gasteiger partial charge on any atom is 0.490 e. The lowest BCUT2D eigenvalue weighted by Crippen LogP contribution is -2.54. The Morgan fingerprint density at radius 1 is 1.37 bits per heavy atom. The Bertz CT molecular complexity index is 555. The highest BCUT2D eigenvalue weighted by atomic mass is 19.4. The summed E-state index contributed by atoms with van der Waals surface area (Å²) in [6, 6.07) is -1.24. The fourth-order valence-electron chi connectivity index (χ4n) is 2.07. The van der Waals surface area contributed by atoms with Crippen molar-refractivity contribution in [3.8, 4) is 0 Å². The molecule has 0 aromatic rings. The molecule has 1 saturated heterocycles. The van der Waals surface area contributed by atoms with Gasteiger partial charge < -0.3 is 20.5 Å². The van der Waals surface area contributed by atoms with E-state index < -0.39 is 36.2 Å². The van der Waals surface area contributed by atoms with E-state index >= 15 is 0 Å². The van der Waals surface area contributed by atoms with Gasteiger partial charge >= 0.3 is 18.2 Å². The van der Waals surface area contributed by atoms with Crippen molar-refractivity contribution in [2.45, 2.75) is 44.9 Å². The van der Waals surface area contributed by atoms with Gasteiger partial charge in [-0.05, 0) is 26.7 Å². The van der Waals surface area contributed by atoms with Crippen LogP contribution in [0.3, 0.4) is 0 Å². The fraction of sp³-hybridized carbons (Fsp3) is 0.714. The molecule has 0 saturated carbocycles. The lowest BCUT2D eigenvalue weighted by molar-refractivity contribution is -0.192. The van der Waals surface area contributed by atoms with Crippen LogP contribution in [0.15, 0.2) is 0 Å². The molecule has 0 spiro atoms. The second-order valence-electron chi connectivity index (χ2n) is 5.52. The molecule has 0 radical (unpaired) electrons. The number of nitrogens with two attached hydrogens (primary N) is 1. The van der Waals surface area contributed by atoms with Crippen LogP contribution < -0.4 is 11.2 Å². The predicted octanol–water partition coefficient (Wildman–Crippen LogP) is 0.0774. The fourth-order valence-corrected chi connectivity index (χ4v) is 2.07. The predicted molar refractivity (Wildman–Crippen MR) is 85.0 cm³/mol. The van der Waals surface area contributed by atoms with Gasteiger partial charge in [0.2, 0.25) is 5.91 Å². The first-order chi connectivity index (χ1) is 12.3. The summed E-state index contributed by atoms with van der Waals surface area (Å²) in [6.45, 7) is 3.98. The van der Waals surface area contributed by atoms with E-state index in [-0.39, 0.29) is 12.5 Å². The van der Waals surface area contributed by atoms with E-state index in [2.05, 4.69) is 5.43 Å². The summed E-state index contributed by atoms with van der Waals surface area (Å²) >= 11 is 0. The van der Waals surface area contributed by atoms with Crippen molar-refractivity contribution in [1.82, 2.24) is 15.3 Å². The molecule has 0 aliphatic carbocycles. The number of nitrogens with zero attached hydrogens (tertiary/aromatic N) is 2. The number of amides is 3. The average molecular weight is 400 g/mol. The number of alkyl halides is 3. The van der Waals surface area contributed by atoms with Crippen molar-refractivity contribution in [3.63, 3.8) is 0 Å². The topological polar surface area (TPSA) is 142 Å². The number of hydrazine groups is 1. The summed E-state index contributed by atoms with van der Waals surface area (Å²) in [5.74, 6) is -3.43. The number of ether oxygens (including phenoxy) is 1. The lowest BCUT2D eigenvalue weighted by Gasteiger charge is -2.27. The van der Waals surface area contributed by atoms with Crippen molar-refractivity contribution in [2.24, 2.45) is 5.73 Å². The quantitative estimate of drug-likeness (QED) is 0.569. The highest BCUT2D eigenvalue weighted by molar-refractivity contribution is 5.90. The Balaban J connectivity index is 0.000000821. The van der Waals surface area contributed by atoms with Crippen molar-refractivity contribution in [2.75, 3.05) is 20.2 Å². The maximum absolute atomic E-state index is 12.1. The number of carboxylic acids is 1. The van der Waals surface area contributed by atoms with Crippen molar-refractivity contribution in [1.29, 1.82) is 0 Å². The zero-order valence-electron chi connectivity index (χ0n) is 15.1. The zero-order valence-corrected chi connectivity index (χ0v) is 15.1. The van der Waals surface area contributed by atoms with Gasteiger partial charge in [0.1, 0.15) is 6.04 Å². The van der Waals surface area contributed by atoms with E-state index in [4.69, 9.17) is 20.4 Å². The number of carboxylic acid groups (broad SMARTS) is 1. The molecule has 13 heteroatoms. The molecule has 0 aromatic carbocycles. The highest BCUT2D eigenvalue weighted by Crippen LogP contribution is 2.18. The molecule has 0 unspecified atom stereocenters. The Hall–Kier alpha value is -2.57. The van der Waals surface area contributed by atoms with Crippen LogP contribution >= 0.6 is 0 Å². The molecule has 10 nitrogen and oxygen atoms in total. The number of rotatable bonds is 3. The molecule has 1 aliphatic heterocycles. The van der Waals surface area contributed by atoms with Crippen LogP contribution in [-0.4, -0.2) is 77.4 Å². The van der Waals surface area contributed by atoms with E-state index in [0.717, 1.165) is 11.4 Å². The largest absolute Gasteiger partial charge is 0.490 e. The Kier molecular flexibility index (Phi) is 9.54. The molecular weight excluding hydrogens is 377 g/mol. The van der Waals surface area contributed by atoms with Gasteiger partial charge in [-0.2, -0.15) is 13.2 Å². The third kappa shape index (κ3) is 8.11. The number of hydrogen-bond donors (Lipinski definition) is 3. The van der Waals surface area contributed by atoms with Crippen molar-refractivity contribution in [3.05, 3.63) is 0 Å². The van der Waals surface area contributed by atoms with E-state index in [1.807, 2.05) is 0 Å². The summed E-state index contributed by atoms with van der Waals surface area (Å²) in [5.41, 5.74) is 7.98. The third-order valence-corrected chi connectivity index (χ3v) is 3.29. The molecule has 1 rings (SSSR count). The zero-order chi connectivity index (χ0) is 21.4. The molecule has 3 amide bonds. The highest BCUT2D eigenvalue weighted by Gasteiger charge is 2.38. The Morgan fingerprint density at radius 3 is 2.30 bits per heavy atom. The Labute approximate surface area is 153 Å². The molecule has 156 valence electrons. The first kappa shape index (κ1) is 24.4. The van der Waals surface area contributed by atoms with Crippen LogP contribution in [-0.2, 0) is 19.1 Å². The summed E-state index contributed by atoms with van der Waals surface area (Å²) in [6.07, 6.45) is -4.44. The van der Waals surface area contributed by atoms with Gasteiger partial charge in [0.05, 0.1) is 12.6 Å². The Morgan fingerprint density at radius 2 is 1.89 bits per heavy atom. The minimum absolute atomic E-state index is 0.220. The average Bonchev–Trinajstić information content (AvgIpc) is 3.03. The second-order valence-corrected chi connectivity index (χ2v) is 5.52. The van der Waals surface area contributed by atoms with Gasteiger partial charge in [-0.25, -0.2) is 14.6 Å². The first-order valence-corrected chi connectivity index (χ1v) is 7.90. The molecular formula is C14H23F3N4O6. The monoisotopic (exact) mass is 400 g/mol. The number of aliphatic carboxylic acids is 1. The molecule has 1 heterocycles. The van der Waals surface area contributed by atoms with Gasteiger partial charge in [-0.15, -0.1) is 0 Å². The van der Waals surface area contributed by atoms with E-state index in [0.29, 0.717) is 13.0 Å². The van der Waals surface area contributed by atoms with Crippen LogP contribution in [0, 0.1) is 0 Å². The van der Waals surface area contributed by atoms with Crippen LogP contribution in [0.1, 0.15) is 26.7 Å². The number of hydrogen-bond acceptors (Lipinski definition) is 6. The van der Waals surface area contributed by atoms with Crippen molar-refractivity contribution < 1.29 is 42.2 Å². The van der Waals surface area contributed by atoms with Crippen LogP contribution in [0.25, 0.3) is 0 Å². The first-order valence-electron chi connectivity index (χ1n) is 7.90. The molecule has 1 aliphatic rings. The van der Waals surface area contributed by atoms with Crippen molar-refractivity contribution >= 4 is 23.9 Å². The number of halogens is 3. The van der Waals surface area contributed by atoms with E-state index in [9.17, 15) is 27.6 Å². The summed E-state index contributed by atoms with van der Waals surface area (Å²) < 4.78 is 36.5. The summed E-state index contributed by atoms with van der Waals surface area (Å²) in [5, 5.41) is 8.10. The van der Waals surface area contributed by atoms with Crippen LogP contribution in [0.5, 0.6) is 0 Å². The molecule has 1 fully saturated rings. The van der Waals surface area contributed by atoms with Gasteiger partial charge in [-0.3, -0.25) is 15.0 Å². The van der Waals surface area contributed by atoms with Crippen LogP contribution in [0.4, 0.5) is 18.0 Å². The standard InChI is InChI=1S/C12H22N4O4.C2HF3O2/c1-4-20-12(19)15(3)14-10(17)9-6-5-7-16(9)11(18)8(2)13;3-2(4,5)1(6)7/h8-9H,4-7,13H2,1-3H3,(H,14,17);(H,6,7)/t8-,9-;/m0./s1. The smallest absolute Gasteiger partial charge is 0.475 e. The summed E-state index contributed by atoms with van der Waals surface area (Å²) in [4.78, 5) is 45.8. The third-order valence-electron chi connectivity index (χ3n) is 3.29. The number of nitrogens with one attached hydrogen (secondary N) is 1. The normalized spacial score (nSPS) is 17.3. The van der Waals surface area contributed by atoms with Gasteiger partial charge in [0.15, 0.2) is 0 Å². The molecule has 0 bridgehead atoms. The van der Waals surface area contributed by atoms with E-state index in [1.165, 1.54) is 11.9 Å². The van der Waals surface area contributed by atoms with Gasteiger partial charge in [0, 0.05) is 13.6 Å². The SMILES string of the molecule is CCOC(=O)N(C)NC(=O)[C@@H]1CCCN1C(=O)[C@H](C)N.O=C(O)C(F)(F)F. The van der Waals surface area contributed by atoms with Gasteiger partial charge in [-0.1, -0.05) is 0 Å². The minimum Gasteiger partial charge on any atom is -0.475 e.